The highest BCUT2D eigenvalue weighted by molar-refractivity contribution is 5.81. The van der Waals surface area contributed by atoms with Crippen molar-refractivity contribution in [3.8, 4) is 5.75 Å². The van der Waals surface area contributed by atoms with E-state index in [-0.39, 0.29) is 18.0 Å². The van der Waals surface area contributed by atoms with Crippen molar-refractivity contribution >= 4 is 16.8 Å². The van der Waals surface area contributed by atoms with Crippen LogP contribution in [0.3, 0.4) is 0 Å². The van der Waals surface area contributed by atoms with Crippen molar-refractivity contribution in [2.24, 2.45) is 0 Å². The predicted molar refractivity (Wildman–Crippen MR) is 94.4 cm³/mol. The highest BCUT2D eigenvalue weighted by Crippen LogP contribution is 2.19. The van der Waals surface area contributed by atoms with E-state index < -0.39 is 0 Å². The second-order valence-corrected chi connectivity index (χ2v) is 5.76. The molecule has 0 radical (unpaired) electrons. The molecular formula is C19H20N2O4. The van der Waals surface area contributed by atoms with Crippen LogP contribution in [0.4, 0.5) is 0 Å². The van der Waals surface area contributed by atoms with E-state index in [1.165, 1.54) is 0 Å². The van der Waals surface area contributed by atoms with E-state index >= 15 is 0 Å². The number of pyridine rings is 1. The first-order chi connectivity index (χ1) is 12.1. The Kier molecular flexibility index (Phi) is 4.88. The van der Waals surface area contributed by atoms with Crippen LogP contribution >= 0.6 is 0 Å². The molecule has 0 aliphatic carbocycles. The normalized spacial score (nSPS) is 10.8. The Labute approximate surface area is 145 Å². The first kappa shape index (κ1) is 16.8. The van der Waals surface area contributed by atoms with Gasteiger partial charge in [0.25, 0.3) is 5.56 Å². The first-order valence-corrected chi connectivity index (χ1v) is 8.11. The molecule has 0 spiro atoms. The maximum atomic E-state index is 12.4. The second kappa shape index (κ2) is 7.25. The lowest BCUT2D eigenvalue weighted by atomic mass is 10.1. The fourth-order valence-electron chi connectivity index (χ4n) is 2.73. The van der Waals surface area contributed by atoms with Crippen molar-refractivity contribution in [2.45, 2.75) is 26.4 Å². The van der Waals surface area contributed by atoms with Gasteiger partial charge in [0.2, 0.25) is 5.91 Å². The van der Waals surface area contributed by atoms with Gasteiger partial charge in [-0.2, -0.15) is 0 Å². The number of aromatic nitrogens is 1. The second-order valence-electron chi connectivity index (χ2n) is 5.76. The highest BCUT2D eigenvalue weighted by Gasteiger charge is 2.16. The lowest BCUT2D eigenvalue weighted by molar-refractivity contribution is -0.132. The van der Waals surface area contributed by atoms with Gasteiger partial charge in [0.1, 0.15) is 11.5 Å². The number of methoxy groups -OCH3 is 1. The number of nitrogens with one attached hydrogen (secondary N) is 1. The molecule has 1 N–H and O–H groups in total. The average molecular weight is 340 g/mol. The molecule has 0 unspecified atom stereocenters. The molecule has 6 nitrogen and oxygen atoms in total. The average Bonchev–Trinajstić information content (AvgIpc) is 3.13. The predicted octanol–water partition coefficient (Wildman–Crippen LogP) is 3.07. The zero-order valence-corrected chi connectivity index (χ0v) is 14.2. The summed E-state index contributed by atoms with van der Waals surface area (Å²) in [5, 5.41) is 0.857. The molecule has 6 heteroatoms. The molecule has 130 valence electrons. The Morgan fingerprint density at radius 3 is 2.76 bits per heavy atom. The van der Waals surface area contributed by atoms with Crippen LogP contribution in [-0.2, 0) is 17.9 Å². The third-order valence-corrected chi connectivity index (χ3v) is 4.07. The molecule has 0 atom stereocenters. The monoisotopic (exact) mass is 340 g/mol. The van der Waals surface area contributed by atoms with Crippen molar-refractivity contribution in [3.05, 3.63) is 64.3 Å². The lowest BCUT2D eigenvalue weighted by Gasteiger charge is -2.21. The zero-order valence-electron chi connectivity index (χ0n) is 14.2. The van der Waals surface area contributed by atoms with E-state index in [4.69, 9.17) is 9.15 Å². The minimum atomic E-state index is -0.203. The molecule has 0 aliphatic heterocycles. The van der Waals surface area contributed by atoms with Crippen molar-refractivity contribution in [2.75, 3.05) is 7.11 Å². The maximum absolute atomic E-state index is 12.4. The standard InChI is InChI=1S/C19H20N2O4/c1-3-18(22)21(12-16-5-4-8-25-16)11-14-9-13-10-15(24-2)6-7-17(13)20-19(14)23/h4-10H,3,11-12H2,1-2H3,(H,20,23). The van der Waals surface area contributed by atoms with Gasteiger partial charge in [-0.1, -0.05) is 6.92 Å². The van der Waals surface area contributed by atoms with Gasteiger partial charge in [-0.05, 0) is 36.4 Å². The third kappa shape index (κ3) is 3.74. The van der Waals surface area contributed by atoms with E-state index in [0.717, 1.165) is 10.9 Å². The number of amides is 1. The van der Waals surface area contributed by atoms with Crippen LogP contribution in [0.25, 0.3) is 10.9 Å². The summed E-state index contributed by atoms with van der Waals surface area (Å²) < 4.78 is 10.6. The Bertz CT molecular complexity index is 928. The summed E-state index contributed by atoms with van der Waals surface area (Å²) in [5.41, 5.74) is 1.05. The molecule has 0 saturated heterocycles. The van der Waals surface area contributed by atoms with Crippen molar-refractivity contribution in [3.63, 3.8) is 0 Å². The largest absolute Gasteiger partial charge is 0.497 e. The maximum Gasteiger partial charge on any atom is 0.253 e. The number of aromatic amines is 1. The molecule has 2 heterocycles. The van der Waals surface area contributed by atoms with E-state index in [1.54, 1.807) is 49.5 Å². The molecule has 0 fully saturated rings. The van der Waals surface area contributed by atoms with Crippen LogP contribution in [0.15, 0.2) is 51.9 Å². The molecule has 1 aromatic carbocycles. The number of hydrogen-bond acceptors (Lipinski definition) is 4. The molecule has 1 amide bonds. The summed E-state index contributed by atoms with van der Waals surface area (Å²) in [6.07, 6.45) is 1.93. The Morgan fingerprint density at radius 1 is 1.24 bits per heavy atom. The molecular weight excluding hydrogens is 320 g/mol. The van der Waals surface area contributed by atoms with Crippen LogP contribution in [0, 0.1) is 0 Å². The fourth-order valence-corrected chi connectivity index (χ4v) is 2.73. The van der Waals surface area contributed by atoms with Crippen molar-refractivity contribution in [1.82, 2.24) is 9.88 Å². The van der Waals surface area contributed by atoms with Gasteiger partial charge in [0.15, 0.2) is 0 Å². The molecule has 3 rings (SSSR count). The SMILES string of the molecule is CCC(=O)N(Cc1ccco1)Cc1cc2cc(OC)ccc2[nH]c1=O. The van der Waals surface area contributed by atoms with Gasteiger partial charge in [-0.3, -0.25) is 9.59 Å². The number of H-pyrrole nitrogens is 1. The Morgan fingerprint density at radius 2 is 2.08 bits per heavy atom. The Balaban J connectivity index is 1.93. The van der Waals surface area contributed by atoms with Gasteiger partial charge in [0, 0.05) is 22.9 Å². The summed E-state index contributed by atoms with van der Waals surface area (Å²) in [4.78, 5) is 29.1. The number of carbonyl (C=O) groups excluding carboxylic acids is 1. The number of ether oxygens (including phenoxy) is 1. The Hall–Kier alpha value is -3.02. The molecule has 0 bridgehead atoms. The number of fused-ring (bicyclic) bond motifs is 1. The van der Waals surface area contributed by atoms with Gasteiger partial charge in [-0.25, -0.2) is 0 Å². The molecule has 3 aromatic rings. The van der Waals surface area contributed by atoms with Gasteiger partial charge in [0.05, 0.1) is 26.5 Å². The number of nitrogens with zero attached hydrogens (tertiary/aromatic N) is 1. The van der Waals surface area contributed by atoms with E-state index in [2.05, 4.69) is 4.98 Å². The highest BCUT2D eigenvalue weighted by atomic mass is 16.5. The molecule has 2 aromatic heterocycles. The van der Waals surface area contributed by atoms with Crippen LogP contribution < -0.4 is 10.3 Å². The minimum absolute atomic E-state index is 0.0402. The van der Waals surface area contributed by atoms with Crippen molar-refractivity contribution < 1.29 is 13.9 Å². The summed E-state index contributed by atoms with van der Waals surface area (Å²) in [7, 11) is 1.60. The van der Waals surface area contributed by atoms with Crippen LogP contribution in [0.1, 0.15) is 24.7 Å². The van der Waals surface area contributed by atoms with E-state index in [1.807, 2.05) is 12.1 Å². The topological polar surface area (TPSA) is 75.5 Å². The number of furan rings is 1. The smallest absolute Gasteiger partial charge is 0.253 e. The van der Waals surface area contributed by atoms with E-state index in [9.17, 15) is 9.59 Å². The number of carbonyl (C=O) groups is 1. The number of benzene rings is 1. The molecule has 25 heavy (non-hydrogen) atoms. The van der Waals surface area contributed by atoms with Gasteiger partial charge < -0.3 is 19.0 Å². The van der Waals surface area contributed by atoms with E-state index in [0.29, 0.717) is 30.0 Å². The van der Waals surface area contributed by atoms with Gasteiger partial charge in [-0.15, -0.1) is 0 Å². The first-order valence-electron chi connectivity index (χ1n) is 8.11. The summed E-state index contributed by atoms with van der Waals surface area (Å²) in [6, 6.07) is 10.8. The molecule has 0 aliphatic rings. The van der Waals surface area contributed by atoms with Gasteiger partial charge >= 0.3 is 0 Å². The summed E-state index contributed by atoms with van der Waals surface area (Å²) >= 11 is 0. The number of hydrogen-bond donors (Lipinski definition) is 1. The third-order valence-electron chi connectivity index (χ3n) is 4.07. The zero-order chi connectivity index (χ0) is 17.8. The van der Waals surface area contributed by atoms with Crippen LogP contribution in [-0.4, -0.2) is 22.9 Å². The quantitative estimate of drug-likeness (QED) is 0.748. The van der Waals surface area contributed by atoms with Crippen molar-refractivity contribution in [1.29, 1.82) is 0 Å². The summed E-state index contributed by atoms with van der Waals surface area (Å²) in [5.74, 6) is 1.35. The number of rotatable bonds is 6. The van der Waals surface area contributed by atoms with Crippen LogP contribution in [0.2, 0.25) is 0 Å². The molecule has 0 saturated carbocycles. The lowest BCUT2D eigenvalue weighted by Crippen LogP contribution is -2.31. The minimum Gasteiger partial charge on any atom is -0.497 e. The van der Waals surface area contributed by atoms with Crippen LogP contribution in [0.5, 0.6) is 5.75 Å². The summed E-state index contributed by atoms with van der Waals surface area (Å²) in [6.45, 7) is 2.35. The fraction of sp³-hybridized carbons (Fsp3) is 0.263.